The summed E-state index contributed by atoms with van der Waals surface area (Å²) in [7, 11) is 0. The quantitative estimate of drug-likeness (QED) is 0.295. The van der Waals surface area contributed by atoms with Crippen LogP contribution in [-0.2, 0) is 17.8 Å². The Kier molecular flexibility index (Phi) is 7.29. The third kappa shape index (κ3) is 5.33. The number of hydrogen-bond donors (Lipinski definition) is 2. The first-order chi connectivity index (χ1) is 19.5. The maximum atomic E-state index is 14.1. The van der Waals surface area contributed by atoms with Gasteiger partial charge in [0, 0.05) is 66.0 Å². The van der Waals surface area contributed by atoms with Crippen LogP contribution in [0.2, 0.25) is 5.02 Å². The van der Waals surface area contributed by atoms with Crippen molar-refractivity contribution in [3.63, 3.8) is 0 Å². The van der Waals surface area contributed by atoms with Crippen molar-refractivity contribution in [2.75, 3.05) is 18.5 Å². The molecule has 11 heteroatoms. The molecule has 0 spiro atoms. The molecule has 3 N–H and O–H groups in total. The number of anilines is 1. The van der Waals surface area contributed by atoms with Crippen molar-refractivity contribution >= 4 is 28.6 Å². The third-order valence-electron chi connectivity index (χ3n) is 7.03. The molecule has 0 amide bonds. The topological polar surface area (TPSA) is 134 Å². The van der Waals surface area contributed by atoms with E-state index in [1.807, 2.05) is 30.3 Å². The van der Waals surface area contributed by atoms with Crippen LogP contribution in [0.1, 0.15) is 29.9 Å². The zero-order valence-corrected chi connectivity index (χ0v) is 22.7. The van der Waals surface area contributed by atoms with E-state index in [4.69, 9.17) is 31.6 Å². The summed E-state index contributed by atoms with van der Waals surface area (Å²) >= 11 is 6.73. The van der Waals surface area contributed by atoms with Crippen molar-refractivity contribution in [1.29, 1.82) is 0 Å². The van der Waals surface area contributed by atoms with Gasteiger partial charge in [0.25, 0.3) is 5.56 Å². The fraction of sp³-hybridized carbons (Fsp3) is 0.276. The Morgan fingerprint density at radius 1 is 1.05 bits per heavy atom. The molecule has 5 aromatic rings. The van der Waals surface area contributed by atoms with Crippen molar-refractivity contribution in [1.82, 2.24) is 24.7 Å². The van der Waals surface area contributed by atoms with E-state index < -0.39 is 0 Å². The summed E-state index contributed by atoms with van der Waals surface area (Å²) in [6, 6.07) is 15.3. The zero-order valence-electron chi connectivity index (χ0n) is 21.9. The molecule has 3 aromatic heterocycles. The molecular weight excluding hydrogens is 530 g/mol. The monoisotopic (exact) mass is 557 g/mol. The average molecular weight is 558 g/mol. The standard InChI is InChI=1S/C29H28ClN7O3/c1-17-33-26(36-40-17)20-6-7-23(25(30)13-20)24-12-21-15-32-29(34-22-8-10-39-11-9-22)35-27(21)37(28(24)38)16-19-4-2-18(14-31)3-5-19/h2-7,12-13,15,22H,8-11,14,16,31H2,1H3,(H,32,34,35). The molecule has 0 radical (unpaired) electrons. The largest absolute Gasteiger partial charge is 0.381 e. The molecule has 1 saturated heterocycles. The number of fused-ring (bicyclic) bond motifs is 1. The van der Waals surface area contributed by atoms with Gasteiger partial charge in [0.05, 0.1) is 6.54 Å². The molecule has 1 fully saturated rings. The first kappa shape index (κ1) is 26.1. The number of aryl methyl sites for hydroxylation is 1. The van der Waals surface area contributed by atoms with Crippen LogP contribution in [0.5, 0.6) is 0 Å². The van der Waals surface area contributed by atoms with Crippen LogP contribution >= 0.6 is 11.6 Å². The normalized spacial score (nSPS) is 14.1. The van der Waals surface area contributed by atoms with Gasteiger partial charge in [-0.05, 0) is 36.1 Å². The molecule has 4 heterocycles. The lowest BCUT2D eigenvalue weighted by Gasteiger charge is -2.23. The summed E-state index contributed by atoms with van der Waals surface area (Å²) in [5.41, 5.74) is 9.80. The SMILES string of the molecule is Cc1nc(-c2ccc(-c3cc4cnc(NC5CCOCC5)nc4n(Cc4ccc(CN)cc4)c3=O)c(Cl)c2)no1. The maximum absolute atomic E-state index is 14.1. The van der Waals surface area contributed by atoms with Crippen LogP contribution in [0.3, 0.4) is 0 Å². The van der Waals surface area contributed by atoms with Crippen molar-refractivity contribution in [3.8, 4) is 22.5 Å². The molecule has 204 valence electrons. The number of rotatable bonds is 7. The minimum atomic E-state index is -0.212. The Balaban J connectivity index is 1.45. The molecule has 6 rings (SSSR count). The Morgan fingerprint density at radius 2 is 1.82 bits per heavy atom. The Hall–Kier alpha value is -4.12. The maximum Gasteiger partial charge on any atom is 0.260 e. The Bertz CT molecular complexity index is 1730. The summed E-state index contributed by atoms with van der Waals surface area (Å²) in [6.45, 7) is 3.89. The molecule has 2 aromatic carbocycles. The van der Waals surface area contributed by atoms with E-state index in [0.29, 0.717) is 71.3 Å². The van der Waals surface area contributed by atoms with Crippen LogP contribution in [0.4, 0.5) is 5.95 Å². The third-order valence-corrected chi connectivity index (χ3v) is 7.34. The van der Waals surface area contributed by atoms with Crippen LogP contribution < -0.4 is 16.6 Å². The summed E-state index contributed by atoms with van der Waals surface area (Å²) in [6.07, 6.45) is 3.49. The Labute approximate surface area is 235 Å². The van der Waals surface area contributed by atoms with Gasteiger partial charge in [0.2, 0.25) is 17.7 Å². The zero-order chi connectivity index (χ0) is 27.6. The highest BCUT2D eigenvalue weighted by molar-refractivity contribution is 6.33. The van der Waals surface area contributed by atoms with Crippen LogP contribution in [-0.4, -0.2) is 43.9 Å². The molecule has 10 nitrogen and oxygen atoms in total. The highest BCUT2D eigenvalue weighted by Gasteiger charge is 2.19. The highest BCUT2D eigenvalue weighted by Crippen LogP contribution is 2.31. The predicted octanol–water partition coefficient (Wildman–Crippen LogP) is 4.57. The molecule has 0 atom stereocenters. The smallest absolute Gasteiger partial charge is 0.260 e. The van der Waals surface area contributed by atoms with E-state index in [1.54, 1.807) is 35.9 Å². The minimum absolute atomic E-state index is 0.212. The van der Waals surface area contributed by atoms with Crippen molar-refractivity contribution in [2.45, 2.75) is 38.9 Å². The molecule has 0 unspecified atom stereocenters. The van der Waals surface area contributed by atoms with Gasteiger partial charge in [0.1, 0.15) is 5.65 Å². The summed E-state index contributed by atoms with van der Waals surface area (Å²) < 4.78 is 12.2. The number of pyridine rings is 1. The fourth-order valence-corrected chi connectivity index (χ4v) is 5.13. The predicted molar refractivity (Wildman–Crippen MR) is 153 cm³/mol. The van der Waals surface area contributed by atoms with Gasteiger partial charge in [-0.1, -0.05) is 53.2 Å². The molecular formula is C29H28ClN7O3. The van der Waals surface area contributed by atoms with Crippen molar-refractivity contribution in [2.24, 2.45) is 5.73 Å². The highest BCUT2D eigenvalue weighted by atomic mass is 35.5. The number of halogens is 1. The van der Waals surface area contributed by atoms with Crippen LogP contribution in [0.25, 0.3) is 33.5 Å². The van der Waals surface area contributed by atoms with E-state index in [-0.39, 0.29) is 11.6 Å². The van der Waals surface area contributed by atoms with Crippen LogP contribution in [0.15, 0.2) is 64.0 Å². The van der Waals surface area contributed by atoms with Gasteiger partial charge >= 0.3 is 0 Å². The summed E-state index contributed by atoms with van der Waals surface area (Å²) in [4.78, 5) is 27.7. The van der Waals surface area contributed by atoms with Gasteiger partial charge in [-0.3, -0.25) is 9.36 Å². The number of hydrogen-bond acceptors (Lipinski definition) is 9. The number of nitrogens with one attached hydrogen (secondary N) is 1. The molecule has 1 aliphatic rings. The van der Waals surface area contributed by atoms with Crippen molar-refractivity contribution in [3.05, 3.63) is 87.1 Å². The second kappa shape index (κ2) is 11.2. The van der Waals surface area contributed by atoms with Gasteiger partial charge < -0.3 is 20.3 Å². The number of benzene rings is 2. The van der Waals surface area contributed by atoms with E-state index in [1.165, 1.54) is 0 Å². The second-order valence-electron chi connectivity index (χ2n) is 9.81. The molecule has 0 aliphatic carbocycles. The minimum Gasteiger partial charge on any atom is -0.381 e. The average Bonchev–Trinajstić information content (AvgIpc) is 3.42. The van der Waals surface area contributed by atoms with Gasteiger partial charge in [0.15, 0.2) is 0 Å². The molecule has 0 saturated carbocycles. The van der Waals surface area contributed by atoms with E-state index in [0.717, 1.165) is 29.4 Å². The number of ether oxygens (including phenoxy) is 1. The number of aromatic nitrogens is 5. The lowest BCUT2D eigenvalue weighted by atomic mass is 10.0. The van der Waals surface area contributed by atoms with E-state index >= 15 is 0 Å². The van der Waals surface area contributed by atoms with Crippen molar-refractivity contribution < 1.29 is 9.26 Å². The summed E-state index contributed by atoms with van der Waals surface area (Å²) in [5.74, 6) is 1.37. The first-order valence-corrected chi connectivity index (χ1v) is 13.5. The van der Waals surface area contributed by atoms with E-state index in [2.05, 4.69) is 20.4 Å². The lowest BCUT2D eigenvalue weighted by molar-refractivity contribution is 0.0903. The molecule has 1 aliphatic heterocycles. The van der Waals surface area contributed by atoms with Gasteiger partial charge in [-0.2, -0.15) is 9.97 Å². The van der Waals surface area contributed by atoms with E-state index in [9.17, 15) is 4.79 Å². The Morgan fingerprint density at radius 3 is 2.52 bits per heavy atom. The lowest BCUT2D eigenvalue weighted by Crippen LogP contribution is -2.29. The number of nitrogens with two attached hydrogens (primary N) is 1. The second-order valence-corrected chi connectivity index (χ2v) is 10.2. The molecule has 40 heavy (non-hydrogen) atoms. The number of nitrogens with zero attached hydrogens (tertiary/aromatic N) is 5. The van der Waals surface area contributed by atoms with Gasteiger partial charge in [-0.25, -0.2) is 4.98 Å². The fourth-order valence-electron chi connectivity index (χ4n) is 4.85. The van der Waals surface area contributed by atoms with Crippen LogP contribution in [0, 0.1) is 6.92 Å². The summed E-state index contributed by atoms with van der Waals surface area (Å²) in [5, 5.41) is 8.49. The first-order valence-electron chi connectivity index (χ1n) is 13.1. The molecule has 0 bridgehead atoms. The van der Waals surface area contributed by atoms with Gasteiger partial charge in [-0.15, -0.1) is 0 Å².